The molecule has 0 aliphatic rings. The van der Waals surface area contributed by atoms with Crippen molar-refractivity contribution in [2.45, 2.75) is 13.8 Å². The van der Waals surface area contributed by atoms with Gasteiger partial charge in [-0.2, -0.15) is 5.10 Å². The number of carboxylic acids is 1. The Hall–Kier alpha value is -3.68. The molecule has 27 heavy (non-hydrogen) atoms. The minimum atomic E-state index is -1.35. The number of carbonyl (C=O) groups is 3. The molecule has 0 radical (unpaired) electrons. The third kappa shape index (κ3) is 5.67. The molecule has 0 fully saturated rings. The van der Waals surface area contributed by atoms with E-state index in [-0.39, 0.29) is 5.56 Å². The number of amides is 2. The molecule has 140 valence electrons. The van der Waals surface area contributed by atoms with Gasteiger partial charge in [0.2, 0.25) is 0 Å². The number of ether oxygens (including phenoxy) is 1. The number of anilines is 1. The average molecular weight is 368 g/mol. The number of rotatable bonds is 6. The molecule has 2 aromatic rings. The summed E-state index contributed by atoms with van der Waals surface area (Å²) in [7, 11) is 0. The predicted octanol–water partition coefficient (Wildman–Crippen LogP) is 0.846. The molecule has 0 saturated carbocycles. The van der Waals surface area contributed by atoms with Gasteiger partial charge in [0.25, 0.3) is 0 Å². The van der Waals surface area contributed by atoms with E-state index in [1.54, 1.807) is 25.1 Å². The fourth-order valence-electron chi connectivity index (χ4n) is 2.19. The number of aromatic carboxylic acids is 1. The van der Waals surface area contributed by atoms with Crippen LogP contribution in [0.15, 0.2) is 47.6 Å². The summed E-state index contributed by atoms with van der Waals surface area (Å²) in [6, 6.07) is 11.1. The van der Waals surface area contributed by atoms with Crippen LogP contribution in [0.25, 0.3) is 0 Å². The fraction of sp³-hybridized carbons (Fsp3) is 0.158. The molecule has 2 aromatic carbocycles. The molecule has 0 aromatic heterocycles. The first kappa shape index (κ1) is 19.6. The van der Waals surface area contributed by atoms with Gasteiger partial charge in [-0.3, -0.25) is 9.59 Å². The number of hydrazone groups is 1. The van der Waals surface area contributed by atoms with Crippen molar-refractivity contribution in [3.8, 4) is 5.75 Å². The predicted molar refractivity (Wildman–Crippen MR) is 97.5 cm³/mol. The number of hydrogen-bond donors (Lipinski definition) is 2. The SMILES string of the molecule is CCOc1ccc(C(=O)[O-])cc1/C=N\NC(=O)C(=O)Nc1cccc(C)c1. The summed E-state index contributed by atoms with van der Waals surface area (Å²) in [5.74, 6) is -2.83. The third-order valence-electron chi connectivity index (χ3n) is 3.40. The number of aryl methyl sites for hydroxylation is 1. The van der Waals surface area contributed by atoms with E-state index >= 15 is 0 Å². The van der Waals surface area contributed by atoms with Crippen LogP contribution in [0.4, 0.5) is 5.69 Å². The number of carboxylic acid groups (broad SMARTS) is 1. The van der Waals surface area contributed by atoms with Gasteiger partial charge in [-0.15, -0.1) is 0 Å². The van der Waals surface area contributed by atoms with Crippen molar-refractivity contribution in [1.29, 1.82) is 0 Å². The lowest BCUT2D eigenvalue weighted by Gasteiger charge is -2.09. The van der Waals surface area contributed by atoms with Crippen LogP contribution in [-0.2, 0) is 9.59 Å². The molecule has 8 nitrogen and oxygen atoms in total. The first-order chi connectivity index (χ1) is 12.9. The molecule has 2 rings (SSSR count). The topological polar surface area (TPSA) is 120 Å². The van der Waals surface area contributed by atoms with Gasteiger partial charge in [-0.05, 0) is 55.3 Å². The summed E-state index contributed by atoms with van der Waals surface area (Å²) in [4.78, 5) is 34.7. The Morgan fingerprint density at radius 1 is 1.15 bits per heavy atom. The van der Waals surface area contributed by atoms with E-state index in [4.69, 9.17) is 4.74 Å². The summed E-state index contributed by atoms with van der Waals surface area (Å²) >= 11 is 0. The second-order valence-electron chi connectivity index (χ2n) is 5.50. The van der Waals surface area contributed by atoms with Gasteiger partial charge >= 0.3 is 11.8 Å². The Morgan fingerprint density at radius 2 is 1.93 bits per heavy atom. The van der Waals surface area contributed by atoms with E-state index < -0.39 is 17.8 Å². The van der Waals surface area contributed by atoms with Crippen LogP contribution in [-0.4, -0.2) is 30.6 Å². The Morgan fingerprint density at radius 3 is 2.59 bits per heavy atom. The molecule has 0 spiro atoms. The zero-order chi connectivity index (χ0) is 19.8. The molecule has 0 aliphatic carbocycles. The second-order valence-corrected chi connectivity index (χ2v) is 5.50. The molecule has 2 amide bonds. The zero-order valence-corrected chi connectivity index (χ0v) is 14.8. The maximum atomic E-state index is 11.9. The molecule has 2 N–H and O–H groups in total. The van der Waals surface area contributed by atoms with Gasteiger partial charge in [-0.1, -0.05) is 12.1 Å². The van der Waals surface area contributed by atoms with Crippen LogP contribution in [0.3, 0.4) is 0 Å². The van der Waals surface area contributed by atoms with E-state index in [2.05, 4.69) is 15.8 Å². The minimum absolute atomic E-state index is 0.0663. The number of hydrogen-bond acceptors (Lipinski definition) is 6. The van der Waals surface area contributed by atoms with E-state index in [1.807, 2.05) is 13.0 Å². The largest absolute Gasteiger partial charge is 0.545 e. The van der Waals surface area contributed by atoms with Gasteiger partial charge in [0.15, 0.2) is 0 Å². The van der Waals surface area contributed by atoms with Gasteiger partial charge in [0.05, 0.1) is 18.8 Å². The molecular formula is C19H18N3O5-. The number of nitrogens with zero attached hydrogens (tertiary/aromatic N) is 1. The number of carbonyl (C=O) groups excluding carboxylic acids is 3. The summed E-state index contributed by atoms with van der Waals surface area (Å²) in [5, 5.41) is 17.1. The van der Waals surface area contributed by atoms with Crippen LogP contribution in [0, 0.1) is 6.92 Å². The van der Waals surface area contributed by atoms with Crippen molar-refractivity contribution in [3.05, 3.63) is 59.2 Å². The standard InChI is InChI=1S/C19H19N3O5/c1-3-27-16-8-7-13(19(25)26)10-14(16)11-20-22-18(24)17(23)21-15-6-4-5-12(2)9-15/h4-11H,3H2,1-2H3,(H,21,23)(H,22,24)(H,25,26)/p-1/b20-11-. The molecule has 8 heteroatoms. The smallest absolute Gasteiger partial charge is 0.329 e. The van der Waals surface area contributed by atoms with Crippen molar-refractivity contribution in [2.75, 3.05) is 11.9 Å². The second kappa shape index (κ2) is 9.14. The lowest BCUT2D eigenvalue weighted by atomic mass is 10.1. The van der Waals surface area contributed by atoms with Crippen molar-refractivity contribution in [3.63, 3.8) is 0 Å². The normalized spacial score (nSPS) is 10.4. The highest BCUT2D eigenvalue weighted by molar-refractivity contribution is 6.39. The molecule has 0 heterocycles. The minimum Gasteiger partial charge on any atom is -0.545 e. The lowest BCUT2D eigenvalue weighted by Crippen LogP contribution is -2.32. The lowest BCUT2D eigenvalue weighted by molar-refractivity contribution is -0.255. The highest BCUT2D eigenvalue weighted by Gasteiger charge is 2.13. The maximum Gasteiger partial charge on any atom is 0.329 e. The molecule has 0 bridgehead atoms. The van der Waals surface area contributed by atoms with Crippen molar-refractivity contribution in [1.82, 2.24) is 5.43 Å². The number of benzene rings is 2. The summed E-state index contributed by atoms with van der Waals surface area (Å²) in [6.07, 6.45) is 1.19. The maximum absolute atomic E-state index is 11.9. The van der Waals surface area contributed by atoms with Crippen molar-refractivity contribution >= 4 is 29.7 Å². The first-order valence-corrected chi connectivity index (χ1v) is 8.10. The van der Waals surface area contributed by atoms with Crippen LogP contribution in [0.2, 0.25) is 0 Å². The third-order valence-corrected chi connectivity index (χ3v) is 3.40. The van der Waals surface area contributed by atoms with Crippen LogP contribution >= 0.6 is 0 Å². The van der Waals surface area contributed by atoms with Crippen LogP contribution in [0.5, 0.6) is 5.75 Å². The zero-order valence-electron chi connectivity index (χ0n) is 14.8. The van der Waals surface area contributed by atoms with E-state index in [1.165, 1.54) is 24.4 Å². The van der Waals surface area contributed by atoms with Crippen molar-refractivity contribution < 1.29 is 24.2 Å². The van der Waals surface area contributed by atoms with Gasteiger partial charge in [-0.25, -0.2) is 5.43 Å². The molecule has 0 atom stereocenters. The molecular weight excluding hydrogens is 350 g/mol. The van der Waals surface area contributed by atoms with Gasteiger partial charge < -0.3 is 20.0 Å². The van der Waals surface area contributed by atoms with Gasteiger partial charge in [0.1, 0.15) is 5.75 Å². The Balaban J connectivity index is 2.05. The highest BCUT2D eigenvalue weighted by Crippen LogP contribution is 2.18. The fourth-order valence-corrected chi connectivity index (χ4v) is 2.19. The molecule has 0 aliphatic heterocycles. The summed E-state index contributed by atoms with van der Waals surface area (Å²) in [5.41, 5.74) is 3.75. The number of nitrogens with one attached hydrogen (secondary N) is 2. The Labute approximate surface area is 155 Å². The quantitative estimate of drug-likeness (QED) is 0.445. The molecule has 0 unspecified atom stereocenters. The van der Waals surface area contributed by atoms with Gasteiger partial charge in [0, 0.05) is 11.3 Å². The van der Waals surface area contributed by atoms with E-state index in [0.717, 1.165) is 5.56 Å². The summed E-state index contributed by atoms with van der Waals surface area (Å²) in [6.45, 7) is 3.98. The van der Waals surface area contributed by atoms with E-state index in [0.29, 0.717) is 23.6 Å². The highest BCUT2D eigenvalue weighted by atomic mass is 16.5. The monoisotopic (exact) mass is 368 g/mol. The van der Waals surface area contributed by atoms with Crippen LogP contribution < -0.4 is 20.6 Å². The summed E-state index contributed by atoms with van der Waals surface area (Å²) < 4.78 is 5.37. The van der Waals surface area contributed by atoms with Crippen LogP contribution in [0.1, 0.15) is 28.4 Å². The van der Waals surface area contributed by atoms with Crippen molar-refractivity contribution in [2.24, 2.45) is 5.10 Å². The Kier molecular flexibility index (Phi) is 6.65. The van der Waals surface area contributed by atoms with E-state index in [9.17, 15) is 19.5 Å². The Bertz CT molecular complexity index is 893. The average Bonchev–Trinajstić information content (AvgIpc) is 2.62. The molecule has 0 saturated heterocycles. The first-order valence-electron chi connectivity index (χ1n) is 8.10.